The summed E-state index contributed by atoms with van der Waals surface area (Å²) in [6.45, 7) is 5.85. The molecule has 1 aromatic heterocycles. The van der Waals surface area contributed by atoms with Crippen LogP contribution in [0.25, 0.3) is 0 Å². The van der Waals surface area contributed by atoms with Crippen LogP contribution >= 0.6 is 0 Å². The number of rotatable bonds is 6. The van der Waals surface area contributed by atoms with Crippen molar-refractivity contribution in [3.05, 3.63) is 24.2 Å². The molecule has 1 fully saturated rings. The van der Waals surface area contributed by atoms with Gasteiger partial charge in [0.15, 0.2) is 5.96 Å². The quantitative estimate of drug-likeness (QED) is 0.606. The third kappa shape index (κ3) is 3.99. The average Bonchev–Trinajstić information content (AvgIpc) is 3.09. The van der Waals surface area contributed by atoms with Crippen LogP contribution in [0.3, 0.4) is 0 Å². The smallest absolute Gasteiger partial charge is 0.188 e. The summed E-state index contributed by atoms with van der Waals surface area (Å²) in [7, 11) is 0. The Morgan fingerprint density at radius 3 is 2.95 bits per heavy atom. The topological polar surface area (TPSA) is 66.8 Å². The number of hydrogen-bond acceptors (Lipinski definition) is 3. The first kappa shape index (κ1) is 13.9. The Morgan fingerprint density at radius 2 is 2.32 bits per heavy atom. The molecule has 1 unspecified atom stereocenters. The zero-order valence-electron chi connectivity index (χ0n) is 11.6. The molecular weight excluding hydrogens is 240 g/mol. The first-order valence-electron chi connectivity index (χ1n) is 7.12. The molecule has 0 radical (unpaired) electrons. The van der Waals surface area contributed by atoms with Crippen molar-refractivity contribution in [2.75, 3.05) is 26.2 Å². The molecule has 5 heteroatoms. The second-order valence-corrected chi connectivity index (χ2v) is 4.93. The number of nitrogens with zero attached hydrogens (tertiary/aromatic N) is 2. The maximum atomic E-state index is 5.85. The van der Waals surface area contributed by atoms with Crippen molar-refractivity contribution in [3.63, 3.8) is 0 Å². The summed E-state index contributed by atoms with van der Waals surface area (Å²) < 4.78 is 5.55. The van der Waals surface area contributed by atoms with Crippen LogP contribution in [0.4, 0.5) is 0 Å². The predicted octanol–water partition coefficient (Wildman–Crippen LogP) is 1.73. The molecule has 3 N–H and O–H groups in total. The minimum absolute atomic E-state index is 0.208. The summed E-state index contributed by atoms with van der Waals surface area (Å²) in [4.78, 5) is 6.87. The molecule has 0 aromatic carbocycles. The van der Waals surface area contributed by atoms with E-state index in [0.717, 1.165) is 31.8 Å². The van der Waals surface area contributed by atoms with Gasteiger partial charge in [-0.3, -0.25) is 9.89 Å². The minimum Gasteiger partial charge on any atom is -0.468 e. The van der Waals surface area contributed by atoms with E-state index in [1.54, 1.807) is 6.26 Å². The highest BCUT2D eigenvalue weighted by Crippen LogP contribution is 2.25. The SMILES string of the molecule is CCCNC(N)=NCC(c1ccco1)N1CCCC1. The van der Waals surface area contributed by atoms with E-state index in [1.165, 1.54) is 12.8 Å². The van der Waals surface area contributed by atoms with Gasteiger partial charge in [-0.05, 0) is 44.5 Å². The maximum absolute atomic E-state index is 5.85. The molecule has 106 valence electrons. The van der Waals surface area contributed by atoms with Crippen molar-refractivity contribution in [3.8, 4) is 0 Å². The first-order valence-corrected chi connectivity index (χ1v) is 7.12. The van der Waals surface area contributed by atoms with Gasteiger partial charge >= 0.3 is 0 Å². The minimum atomic E-state index is 0.208. The number of aliphatic imine (C=N–C) groups is 1. The molecule has 0 amide bonds. The highest BCUT2D eigenvalue weighted by molar-refractivity contribution is 5.77. The molecule has 2 rings (SSSR count). The van der Waals surface area contributed by atoms with E-state index >= 15 is 0 Å². The van der Waals surface area contributed by atoms with E-state index in [2.05, 4.69) is 22.1 Å². The fraction of sp³-hybridized carbons (Fsp3) is 0.643. The second kappa shape index (κ2) is 7.19. The van der Waals surface area contributed by atoms with E-state index in [1.807, 2.05) is 12.1 Å². The molecule has 1 saturated heterocycles. The highest BCUT2D eigenvalue weighted by atomic mass is 16.3. The molecule has 1 atom stereocenters. The van der Waals surface area contributed by atoms with Crippen LogP contribution in [0, 0.1) is 0 Å². The van der Waals surface area contributed by atoms with E-state index < -0.39 is 0 Å². The van der Waals surface area contributed by atoms with Gasteiger partial charge in [0.25, 0.3) is 0 Å². The van der Waals surface area contributed by atoms with Gasteiger partial charge in [0, 0.05) is 6.54 Å². The van der Waals surface area contributed by atoms with Gasteiger partial charge in [-0.2, -0.15) is 0 Å². The average molecular weight is 264 g/mol. The number of guanidine groups is 1. The molecule has 5 nitrogen and oxygen atoms in total. The summed E-state index contributed by atoms with van der Waals surface area (Å²) in [5.41, 5.74) is 5.85. The zero-order chi connectivity index (χ0) is 13.5. The molecule has 19 heavy (non-hydrogen) atoms. The fourth-order valence-electron chi connectivity index (χ4n) is 2.41. The molecule has 1 aromatic rings. The van der Waals surface area contributed by atoms with E-state index in [4.69, 9.17) is 10.2 Å². The standard InChI is InChI=1S/C14H24N4O/c1-2-7-16-14(15)17-11-12(13-6-5-10-19-13)18-8-3-4-9-18/h5-6,10,12H,2-4,7-9,11H2,1H3,(H3,15,16,17). The van der Waals surface area contributed by atoms with Gasteiger partial charge < -0.3 is 15.5 Å². The summed E-state index contributed by atoms with van der Waals surface area (Å²) in [6.07, 6.45) is 5.28. The van der Waals surface area contributed by atoms with Crippen molar-refractivity contribution < 1.29 is 4.42 Å². The van der Waals surface area contributed by atoms with Crippen LogP contribution in [0.2, 0.25) is 0 Å². The third-order valence-corrected chi connectivity index (χ3v) is 3.44. The monoisotopic (exact) mass is 264 g/mol. The molecular formula is C14H24N4O. The van der Waals surface area contributed by atoms with Crippen LogP contribution in [0.15, 0.2) is 27.8 Å². The van der Waals surface area contributed by atoms with Gasteiger partial charge in [-0.1, -0.05) is 6.92 Å². The van der Waals surface area contributed by atoms with Crippen LogP contribution in [-0.4, -0.2) is 37.0 Å². The summed E-state index contributed by atoms with van der Waals surface area (Å²) >= 11 is 0. The summed E-state index contributed by atoms with van der Waals surface area (Å²) in [5, 5.41) is 3.10. The molecule has 0 spiro atoms. The lowest BCUT2D eigenvalue weighted by molar-refractivity contribution is 0.221. The lowest BCUT2D eigenvalue weighted by atomic mass is 10.2. The van der Waals surface area contributed by atoms with Gasteiger partial charge in [0.1, 0.15) is 5.76 Å². The molecule has 0 aliphatic carbocycles. The third-order valence-electron chi connectivity index (χ3n) is 3.44. The normalized spacial score (nSPS) is 18.7. The van der Waals surface area contributed by atoms with Crippen molar-refractivity contribution >= 4 is 5.96 Å². The van der Waals surface area contributed by atoms with Gasteiger partial charge in [-0.25, -0.2) is 0 Å². The van der Waals surface area contributed by atoms with Gasteiger partial charge in [0.05, 0.1) is 18.8 Å². The highest BCUT2D eigenvalue weighted by Gasteiger charge is 2.25. The Morgan fingerprint density at radius 1 is 1.53 bits per heavy atom. The number of nitrogens with one attached hydrogen (secondary N) is 1. The Bertz CT molecular complexity index is 382. The number of likely N-dealkylation sites (tertiary alicyclic amines) is 1. The van der Waals surface area contributed by atoms with Crippen molar-refractivity contribution in [1.29, 1.82) is 0 Å². The summed E-state index contributed by atoms with van der Waals surface area (Å²) in [6, 6.07) is 4.16. The van der Waals surface area contributed by atoms with Crippen LogP contribution in [0.1, 0.15) is 38.0 Å². The molecule has 2 heterocycles. The molecule has 0 bridgehead atoms. The number of furan rings is 1. The van der Waals surface area contributed by atoms with Crippen LogP contribution in [0.5, 0.6) is 0 Å². The Balaban J connectivity index is 1.98. The first-order chi connectivity index (χ1) is 9.31. The van der Waals surface area contributed by atoms with Crippen LogP contribution < -0.4 is 11.1 Å². The van der Waals surface area contributed by atoms with Crippen molar-refractivity contribution in [2.24, 2.45) is 10.7 Å². The van der Waals surface area contributed by atoms with E-state index in [9.17, 15) is 0 Å². The van der Waals surface area contributed by atoms with E-state index in [0.29, 0.717) is 12.5 Å². The maximum Gasteiger partial charge on any atom is 0.188 e. The van der Waals surface area contributed by atoms with Crippen LogP contribution in [-0.2, 0) is 0 Å². The van der Waals surface area contributed by atoms with Crippen molar-refractivity contribution in [1.82, 2.24) is 10.2 Å². The van der Waals surface area contributed by atoms with Crippen molar-refractivity contribution in [2.45, 2.75) is 32.2 Å². The lowest BCUT2D eigenvalue weighted by Gasteiger charge is -2.24. The molecule has 1 aliphatic rings. The van der Waals surface area contributed by atoms with Gasteiger partial charge in [0.2, 0.25) is 0 Å². The molecule has 1 aliphatic heterocycles. The Hall–Kier alpha value is -1.49. The predicted molar refractivity (Wildman–Crippen MR) is 77.0 cm³/mol. The lowest BCUT2D eigenvalue weighted by Crippen LogP contribution is -2.34. The largest absolute Gasteiger partial charge is 0.468 e. The fourth-order valence-corrected chi connectivity index (χ4v) is 2.41. The van der Waals surface area contributed by atoms with Gasteiger partial charge in [-0.15, -0.1) is 0 Å². The zero-order valence-corrected chi connectivity index (χ0v) is 11.6. The number of nitrogens with two attached hydrogens (primary N) is 1. The Labute approximate surface area is 114 Å². The summed E-state index contributed by atoms with van der Waals surface area (Å²) in [5.74, 6) is 1.51. The van der Waals surface area contributed by atoms with E-state index in [-0.39, 0.29) is 6.04 Å². The second-order valence-electron chi connectivity index (χ2n) is 4.93. The number of hydrogen-bond donors (Lipinski definition) is 2. The molecule has 0 saturated carbocycles. The Kier molecular flexibility index (Phi) is 5.27.